The zero-order chi connectivity index (χ0) is 16.4. The van der Waals surface area contributed by atoms with E-state index in [1.807, 2.05) is 10.7 Å². The predicted octanol–water partition coefficient (Wildman–Crippen LogP) is -0.163. The van der Waals surface area contributed by atoms with E-state index < -0.39 is 0 Å². The number of hydrogen-bond donors (Lipinski definition) is 1. The number of fused-ring (bicyclic) bond motifs is 1. The first-order valence-corrected chi connectivity index (χ1v) is 7.36. The first-order chi connectivity index (χ1) is 11.0. The minimum absolute atomic E-state index is 0.0287. The molecule has 0 bridgehead atoms. The molecule has 1 N–H and O–H groups in total. The molecule has 2 aromatic heterocycles. The molecular formula is C14H18N6O3. The lowest BCUT2D eigenvalue weighted by Crippen LogP contribution is -2.40. The number of amides is 2. The molecule has 0 aromatic carbocycles. The van der Waals surface area contributed by atoms with Crippen molar-refractivity contribution in [3.05, 3.63) is 29.7 Å². The molecule has 122 valence electrons. The van der Waals surface area contributed by atoms with Gasteiger partial charge in [0, 0.05) is 19.7 Å². The summed E-state index contributed by atoms with van der Waals surface area (Å²) in [6.07, 6.45) is 1.70. The molecule has 3 rings (SSSR count). The van der Waals surface area contributed by atoms with Gasteiger partial charge in [-0.25, -0.2) is 0 Å². The maximum atomic E-state index is 12.4. The fourth-order valence-electron chi connectivity index (χ4n) is 2.59. The second-order valence-corrected chi connectivity index (χ2v) is 5.57. The zero-order valence-electron chi connectivity index (χ0n) is 13.0. The van der Waals surface area contributed by atoms with Crippen LogP contribution in [0.5, 0.6) is 0 Å². The number of nitrogens with one attached hydrogen (secondary N) is 1. The number of hydrogen-bond acceptors (Lipinski definition) is 6. The molecule has 1 atom stereocenters. The second kappa shape index (κ2) is 6.19. The molecule has 1 unspecified atom stereocenters. The average molecular weight is 318 g/mol. The first-order valence-electron chi connectivity index (χ1n) is 7.36. The maximum absolute atomic E-state index is 12.4. The fourth-order valence-corrected chi connectivity index (χ4v) is 2.59. The van der Waals surface area contributed by atoms with Crippen LogP contribution in [0, 0.1) is 6.92 Å². The minimum Gasteiger partial charge on any atom is -0.347 e. The Labute approximate surface area is 132 Å². The summed E-state index contributed by atoms with van der Waals surface area (Å²) in [4.78, 5) is 29.4. The number of carbonyl (C=O) groups is 2. The van der Waals surface area contributed by atoms with Crippen LogP contribution in [0.1, 0.15) is 30.3 Å². The summed E-state index contributed by atoms with van der Waals surface area (Å²) in [5.41, 5.74) is 0.930. The minimum atomic E-state index is -0.234. The fraction of sp³-hybridized carbons (Fsp3) is 0.500. The molecule has 1 aliphatic heterocycles. The van der Waals surface area contributed by atoms with Crippen molar-refractivity contribution < 1.29 is 14.1 Å². The lowest BCUT2D eigenvalue weighted by Gasteiger charge is -2.22. The smallest absolute Gasteiger partial charge is 0.242 e. The average Bonchev–Trinajstić information content (AvgIpc) is 3.08. The van der Waals surface area contributed by atoms with Gasteiger partial charge in [-0.05, 0) is 13.0 Å². The van der Waals surface area contributed by atoms with Crippen molar-refractivity contribution in [2.75, 3.05) is 13.1 Å². The molecule has 1 aliphatic rings. The third-order valence-corrected chi connectivity index (χ3v) is 3.73. The van der Waals surface area contributed by atoms with Crippen LogP contribution in [-0.4, -0.2) is 49.7 Å². The SMILES string of the molecule is CC(=O)NCC(=O)N1Cc2ccnn2CC(c2nc(C)no2)C1. The summed E-state index contributed by atoms with van der Waals surface area (Å²) in [5.74, 6) is 0.515. The van der Waals surface area contributed by atoms with Crippen LogP contribution >= 0.6 is 0 Å². The standard InChI is InChI=1S/C14H18N6O3/c1-9-17-14(23-18-9)11-6-19(13(22)5-15-10(2)21)8-12-3-4-16-20(12)7-11/h3-4,11H,5-8H2,1-2H3,(H,15,21). The zero-order valence-corrected chi connectivity index (χ0v) is 13.0. The molecule has 2 amide bonds. The van der Waals surface area contributed by atoms with Gasteiger partial charge in [-0.15, -0.1) is 0 Å². The highest BCUT2D eigenvalue weighted by Crippen LogP contribution is 2.23. The molecule has 0 aliphatic carbocycles. The van der Waals surface area contributed by atoms with Gasteiger partial charge in [0.25, 0.3) is 0 Å². The van der Waals surface area contributed by atoms with Crippen LogP contribution in [-0.2, 0) is 22.7 Å². The summed E-state index contributed by atoms with van der Waals surface area (Å²) in [5, 5.41) is 10.6. The van der Waals surface area contributed by atoms with E-state index >= 15 is 0 Å². The highest BCUT2D eigenvalue weighted by Gasteiger charge is 2.29. The number of rotatable bonds is 3. The highest BCUT2D eigenvalue weighted by atomic mass is 16.5. The van der Waals surface area contributed by atoms with Crippen LogP contribution in [0.2, 0.25) is 0 Å². The molecule has 0 fully saturated rings. The Morgan fingerprint density at radius 1 is 1.43 bits per heavy atom. The van der Waals surface area contributed by atoms with Crippen LogP contribution in [0.15, 0.2) is 16.8 Å². The molecule has 9 nitrogen and oxygen atoms in total. The lowest BCUT2D eigenvalue weighted by atomic mass is 10.1. The van der Waals surface area contributed by atoms with Gasteiger partial charge in [0.15, 0.2) is 5.82 Å². The van der Waals surface area contributed by atoms with Gasteiger partial charge in [0.1, 0.15) is 0 Å². The second-order valence-electron chi connectivity index (χ2n) is 5.57. The summed E-state index contributed by atoms with van der Waals surface area (Å²) in [6.45, 7) is 4.54. The molecule has 3 heterocycles. The summed E-state index contributed by atoms with van der Waals surface area (Å²) >= 11 is 0. The molecule has 0 radical (unpaired) electrons. The third kappa shape index (κ3) is 3.38. The van der Waals surface area contributed by atoms with Crippen molar-refractivity contribution in [1.29, 1.82) is 0 Å². The summed E-state index contributed by atoms with van der Waals surface area (Å²) in [7, 11) is 0. The number of nitrogens with zero attached hydrogens (tertiary/aromatic N) is 5. The van der Waals surface area contributed by atoms with Crippen molar-refractivity contribution in [2.24, 2.45) is 0 Å². The number of aromatic nitrogens is 4. The van der Waals surface area contributed by atoms with Gasteiger partial charge in [-0.2, -0.15) is 10.1 Å². The number of carbonyl (C=O) groups excluding carboxylic acids is 2. The first kappa shape index (κ1) is 15.2. The molecular weight excluding hydrogens is 300 g/mol. The molecule has 9 heteroatoms. The van der Waals surface area contributed by atoms with E-state index in [4.69, 9.17) is 4.52 Å². The Kier molecular flexibility index (Phi) is 4.09. The van der Waals surface area contributed by atoms with Crippen LogP contribution in [0.25, 0.3) is 0 Å². The highest BCUT2D eigenvalue weighted by molar-refractivity contribution is 5.83. The largest absolute Gasteiger partial charge is 0.347 e. The van der Waals surface area contributed by atoms with Crippen molar-refractivity contribution in [2.45, 2.75) is 32.9 Å². The van der Waals surface area contributed by atoms with Crippen LogP contribution in [0.4, 0.5) is 0 Å². The van der Waals surface area contributed by atoms with E-state index in [0.717, 1.165) is 5.69 Å². The van der Waals surface area contributed by atoms with Crippen molar-refractivity contribution >= 4 is 11.8 Å². The van der Waals surface area contributed by atoms with Gasteiger partial charge in [0.2, 0.25) is 17.7 Å². The van der Waals surface area contributed by atoms with E-state index in [9.17, 15) is 9.59 Å². The lowest BCUT2D eigenvalue weighted by molar-refractivity contribution is -0.133. The van der Waals surface area contributed by atoms with E-state index in [1.54, 1.807) is 18.0 Å². The Balaban J connectivity index is 1.82. The van der Waals surface area contributed by atoms with Crippen molar-refractivity contribution in [3.8, 4) is 0 Å². The Morgan fingerprint density at radius 2 is 2.26 bits per heavy atom. The van der Waals surface area contributed by atoms with Gasteiger partial charge < -0.3 is 14.7 Å². The van der Waals surface area contributed by atoms with Gasteiger partial charge in [0.05, 0.1) is 31.2 Å². The van der Waals surface area contributed by atoms with Crippen LogP contribution in [0.3, 0.4) is 0 Å². The van der Waals surface area contributed by atoms with Crippen molar-refractivity contribution in [1.82, 2.24) is 30.1 Å². The molecule has 0 spiro atoms. The summed E-state index contributed by atoms with van der Waals surface area (Å²) in [6, 6.07) is 1.88. The topological polar surface area (TPSA) is 106 Å². The number of aryl methyl sites for hydroxylation is 1. The van der Waals surface area contributed by atoms with E-state index in [2.05, 4.69) is 20.6 Å². The Hall–Kier alpha value is -2.71. The molecule has 0 saturated carbocycles. The van der Waals surface area contributed by atoms with Crippen molar-refractivity contribution in [3.63, 3.8) is 0 Å². The van der Waals surface area contributed by atoms with Gasteiger partial charge in [-0.1, -0.05) is 5.16 Å². The van der Waals surface area contributed by atoms with E-state index in [1.165, 1.54) is 6.92 Å². The Morgan fingerprint density at radius 3 is 2.96 bits per heavy atom. The normalized spacial score (nSPS) is 17.5. The quantitative estimate of drug-likeness (QED) is 0.842. The van der Waals surface area contributed by atoms with Crippen LogP contribution < -0.4 is 5.32 Å². The predicted molar refractivity (Wildman–Crippen MR) is 78.1 cm³/mol. The molecule has 0 saturated heterocycles. The van der Waals surface area contributed by atoms with E-state index in [0.29, 0.717) is 31.3 Å². The van der Waals surface area contributed by atoms with Gasteiger partial charge in [-0.3, -0.25) is 14.3 Å². The third-order valence-electron chi connectivity index (χ3n) is 3.73. The molecule has 23 heavy (non-hydrogen) atoms. The summed E-state index contributed by atoms with van der Waals surface area (Å²) < 4.78 is 7.11. The maximum Gasteiger partial charge on any atom is 0.242 e. The monoisotopic (exact) mass is 318 g/mol. The van der Waals surface area contributed by atoms with E-state index in [-0.39, 0.29) is 24.3 Å². The molecule has 2 aromatic rings. The Bertz CT molecular complexity index is 722. The van der Waals surface area contributed by atoms with Gasteiger partial charge >= 0.3 is 0 Å².